The van der Waals surface area contributed by atoms with Gasteiger partial charge in [-0.05, 0) is 52.5 Å². The second-order valence-electron chi connectivity index (χ2n) is 10.3. The highest BCUT2D eigenvalue weighted by Gasteiger charge is 2.32. The minimum absolute atomic E-state index is 0.229. The Morgan fingerprint density at radius 3 is 2.34 bits per heavy atom. The van der Waals surface area contributed by atoms with Crippen LogP contribution in [0.4, 0.5) is 10.5 Å². The van der Waals surface area contributed by atoms with Crippen molar-refractivity contribution < 1.29 is 9.53 Å². The van der Waals surface area contributed by atoms with Crippen LogP contribution in [0.3, 0.4) is 0 Å². The Morgan fingerprint density at radius 1 is 0.969 bits per heavy atom. The van der Waals surface area contributed by atoms with Gasteiger partial charge in [0.2, 0.25) is 0 Å². The molecule has 2 aromatic rings. The lowest BCUT2D eigenvalue weighted by Crippen LogP contribution is -2.47. The second-order valence-corrected chi connectivity index (χ2v) is 10.3. The summed E-state index contributed by atoms with van der Waals surface area (Å²) in [6.07, 6.45) is 7.87. The fourth-order valence-corrected chi connectivity index (χ4v) is 4.87. The molecular formula is C24H34N6O2. The zero-order valence-electron chi connectivity index (χ0n) is 19.5. The average molecular weight is 439 g/mol. The Balaban J connectivity index is 1.26. The number of aromatic nitrogens is 3. The quantitative estimate of drug-likeness (QED) is 0.727. The van der Waals surface area contributed by atoms with E-state index >= 15 is 0 Å². The first-order valence-electron chi connectivity index (χ1n) is 11.9. The van der Waals surface area contributed by atoms with Crippen molar-refractivity contribution in [3.05, 3.63) is 24.3 Å². The number of amides is 1. The number of piperazine rings is 1. The maximum atomic E-state index is 12.4. The molecule has 0 aromatic carbocycles. The lowest BCUT2D eigenvalue weighted by atomic mass is 9.92. The zero-order chi connectivity index (χ0) is 22.3. The number of hydrogen-bond acceptors (Lipinski definition) is 7. The summed E-state index contributed by atoms with van der Waals surface area (Å²) in [6, 6.07) is 3.00. The maximum absolute atomic E-state index is 12.4. The summed E-state index contributed by atoms with van der Waals surface area (Å²) in [5.41, 5.74) is 3.49. The van der Waals surface area contributed by atoms with E-state index in [2.05, 4.69) is 25.8 Å². The van der Waals surface area contributed by atoms with Gasteiger partial charge in [-0.1, -0.05) is 0 Å². The molecule has 4 heterocycles. The number of carbonyl (C=O) groups is 1. The summed E-state index contributed by atoms with van der Waals surface area (Å²) in [5.74, 6) is 0.277. The second kappa shape index (κ2) is 8.46. The minimum atomic E-state index is -0.469. The molecule has 3 aliphatic rings. The Hall–Kier alpha value is -2.48. The van der Waals surface area contributed by atoms with E-state index in [0.29, 0.717) is 13.1 Å². The number of carbonyl (C=O) groups excluding carboxylic acids is 1. The smallest absolute Gasteiger partial charge is 0.410 e. The summed E-state index contributed by atoms with van der Waals surface area (Å²) in [7, 11) is 0. The molecule has 8 heteroatoms. The molecule has 0 atom stereocenters. The van der Waals surface area contributed by atoms with Crippen molar-refractivity contribution in [3.63, 3.8) is 0 Å². The van der Waals surface area contributed by atoms with Crippen LogP contribution < -0.4 is 4.90 Å². The lowest BCUT2D eigenvalue weighted by Gasteiger charge is -2.36. The van der Waals surface area contributed by atoms with Crippen molar-refractivity contribution >= 4 is 22.8 Å². The molecule has 2 saturated heterocycles. The highest BCUT2D eigenvalue weighted by molar-refractivity contribution is 5.80. The third-order valence-corrected chi connectivity index (χ3v) is 6.77. The Labute approximate surface area is 190 Å². The van der Waals surface area contributed by atoms with Crippen LogP contribution >= 0.6 is 0 Å². The zero-order valence-corrected chi connectivity index (χ0v) is 19.5. The van der Waals surface area contributed by atoms with Crippen LogP contribution in [0, 0.1) is 0 Å². The van der Waals surface area contributed by atoms with Gasteiger partial charge < -0.3 is 14.5 Å². The van der Waals surface area contributed by atoms with E-state index in [9.17, 15) is 4.79 Å². The van der Waals surface area contributed by atoms with Gasteiger partial charge >= 0.3 is 6.09 Å². The molecule has 32 heavy (non-hydrogen) atoms. The average Bonchev–Trinajstić information content (AvgIpc) is 3.63. The van der Waals surface area contributed by atoms with Gasteiger partial charge in [-0.15, -0.1) is 0 Å². The van der Waals surface area contributed by atoms with Gasteiger partial charge in [0.25, 0.3) is 0 Å². The summed E-state index contributed by atoms with van der Waals surface area (Å²) >= 11 is 0. The van der Waals surface area contributed by atoms with E-state index in [4.69, 9.17) is 9.72 Å². The number of rotatable bonds is 3. The summed E-state index contributed by atoms with van der Waals surface area (Å²) in [4.78, 5) is 33.2. The maximum Gasteiger partial charge on any atom is 0.410 e. The van der Waals surface area contributed by atoms with Crippen LogP contribution in [0.25, 0.3) is 11.0 Å². The first-order chi connectivity index (χ1) is 15.4. The lowest BCUT2D eigenvalue weighted by molar-refractivity contribution is 0.0204. The Kier molecular flexibility index (Phi) is 5.65. The van der Waals surface area contributed by atoms with Crippen molar-refractivity contribution in [2.75, 3.05) is 44.2 Å². The van der Waals surface area contributed by atoms with Gasteiger partial charge in [0.15, 0.2) is 0 Å². The number of fused-ring (bicyclic) bond motifs is 1. The van der Waals surface area contributed by atoms with E-state index in [0.717, 1.165) is 67.5 Å². The van der Waals surface area contributed by atoms with Crippen molar-refractivity contribution in [3.8, 4) is 0 Å². The van der Waals surface area contributed by atoms with Crippen molar-refractivity contribution in [1.29, 1.82) is 0 Å². The molecule has 8 nitrogen and oxygen atoms in total. The van der Waals surface area contributed by atoms with E-state index < -0.39 is 5.60 Å². The van der Waals surface area contributed by atoms with E-state index in [1.807, 2.05) is 27.0 Å². The molecule has 172 valence electrons. The topological polar surface area (TPSA) is 74.7 Å². The summed E-state index contributed by atoms with van der Waals surface area (Å²) < 4.78 is 5.52. The molecule has 3 fully saturated rings. The molecule has 2 aliphatic heterocycles. The van der Waals surface area contributed by atoms with Gasteiger partial charge in [0, 0.05) is 51.2 Å². The van der Waals surface area contributed by atoms with Gasteiger partial charge in [-0.3, -0.25) is 9.88 Å². The third kappa shape index (κ3) is 4.65. The molecule has 0 bridgehead atoms. The van der Waals surface area contributed by atoms with E-state index in [1.54, 1.807) is 11.2 Å². The Bertz CT molecular complexity index is 970. The van der Waals surface area contributed by atoms with E-state index in [-0.39, 0.29) is 12.0 Å². The molecule has 0 N–H and O–H groups in total. The third-order valence-electron chi connectivity index (χ3n) is 6.77. The highest BCUT2D eigenvalue weighted by Crippen LogP contribution is 2.32. The van der Waals surface area contributed by atoms with Crippen LogP contribution in [0.1, 0.15) is 58.1 Å². The number of hydrogen-bond donors (Lipinski definition) is 0. The highest BCUT2D eigenvalue weighted by atomic mass is 16.6. The molecule has 0 spiro atoms. The monoisotopic (exact) mass is 438 g/mol. The SMILES string of the molecule is CC(C)(C)OC(=O)N1CCC(c2ncnc3cc(N4CCN(C5CC5)CC4)cnc23)CC1. The van der Waals surface area contributed by atoms with Crippen LogP contribution in [-0.4, -0.2) is 81.8 Å². The van der Waals surface area contributed by atoms with Crippen LogP contribution in [0.15, 0.2) is 18.6 Å². The molecule has 0 unspecified atom stereocenters. The molecule has 1 aliphatic carbocycles. The number of piperidine rings is 1. The molecule has 1 saturated carbocycles. The molecule has 5 rings (SSSR count). The number of pyridine rings is 1. The number of likely N-dealkylation sites (tertiary alicyclic amines) is 1. The van der Waals surface area contributed by atoms with Crippen molar-refractivity contribution in [1.82, 2.24) is 24.8 Å². The normalized spacial score (nSPS) is 21.2. The van der Waals surface area contributed by atoms with Crippen LogP contribution in [-0.2, 0) is 4.74 Å². The molecule has 0 radical (unpaired) electrons. The fourth-order valence-electron chi connectivity index (χ4n) is 4.87. The number of anilines is 1. The summed E-state index contributed by atoms with van der Waals surface area (Å²) in [5, 5.41) is 0. The predicted molar refractivity (Wildman–Crippen MR) is 124 cm³/mol. The molecule has 1 amide bonds. The molecule has 2 aromatic heterocycles. The Morgan fingerprint density at radius 2 is 1.69 bits per heavy atom. The van der Waals surface area contributed by atoms with Gasteiger partial charge in [-0.2, -0.15) is 0 Å². The van der Waals surface area contributed by atoms with Crippen molar-refractivity contribution in [2.24, 2.45) is 0 Å². The standard InChI is InChI=1S/C24H34N6O2/c1-24(2,3)32-23(31)30-8-6-17(7-9-30)21-22-20(26-16-27-21)14-19(15-25-22)29-12-10-28(11-13-29)18-4-5-18/h14-18H,4-13H2,1-3H3. The fraction of sp³-hybridized carbons (Fsp3) is 0.667. The number of nitrogens with zero attached hydrogens (tertiary/aromatic N) is 6. The predicted octanol–water partition coefficient (Wildman–Crippen LogP) is 3.42. The van der Waals surface area contributed by atoms with Crippen molar-refractivity contribution in [2.45, 2.75) is 64.0 Å². The van der Waals surface area contributed by atoms with E-state index in [1.165, 1.54) is 12.8 Å². The number of ether oxygens (including phenoxy) is 1. The first kappa shape index (κ1) is 21.4. The largest absolute Gasteiger partial charge is 0.444 e. The first-order valence-corrected chi connectivity index (χ1v) is 11.9. The van der Waals surface area contributed by atoms with Gasteiger partial charge in [0.05, 0.1) is 23.1 Å². The van der Waals surface area contributed by atoms with Crippen LogP contribution in [0.5, 0.6) is 0 Å². The molecular weight excluding hydrogens is 404 g/mol. The summed E-state index contributed by atoms with van der Waals surface area (Å²) in [6.45, 7) is 11.4. The minimum Gasteiger partial charge on any atom is -0.444 e. The van der Waals surface area contributed by atoms with Crippen LogP contribution in [0.2, 0.25) is 0 Å². The van der Waals surface area contributed by atoms with Gasteiger partial charge in [-0.25, -0.2) is 14.8 Å². The van der Waals surface area contributed by atoms with Gasteiger partial charge in [0.1, 0.15) is 17.4 Å².